The van der Waals surface area contributed by atoms with Gasteiger partial charge >= 0.3 is 0 Å². The van der Waals surface area contributed by atoms with Gasteiger partial charge in [0, 0.05) is 6.42 Å². The Morgan fingerprint density at radius 2 is 1.39 bits per heavy atom. The molecular weight excluding hydrogens is 346 g/mol. The van der Waals surface area contributed by atoms with Gasteiger partial charge in [-0.05, 0) is 37.0 Å². The molecule has 0 unspecified atom stereocenters. The summed E-state index contributed by atoms with van der Waals surface area (Å²) in [6, 6.07) is 8.35. The van der Waals surface area contributed by atoms with E-state index in [0.29, 0.717) is 19.4 Å². The molecular formula is C25H43NO2. The quantitative estimate of drug-likeness (QED) is 0.260. The smallest absolute Gasteiger partial charge is 0.217 e. The Hall–Kier alpha value is -1.51. The fourth-order valence-corrected chi connectivity index (χ4v) is 3.57. The standard InChI is InChI=1S/C25H43NO2/c1-2-3-4-5-6-7-8-9-10-11-12-13-14-17-23-18-15-19-24(22-23)28-21-16-20-25(26)27/h15,18-19,22H,2-14,16-17,20-21H2,1H3,(H2,26,27). The normalized spacial score (nSPS) is 10.9. The third-order valence-electron chi connectivity index (χ3n) is 5.30. The molecule has 0 aliphatic heterocycles. The molecule has 0 spiro atoms. The largest absolute Gasteiger partial charge is 0.494 e. The Labute approximate surface area is 173 Å². The van der Waals surface area contributed by atoms with Crippen LogP contribution in [-0.2, 0) is 11.2 Å². The number of hydrogen-bond donors (Lipinski definition) is 1. The van der Waals surface area contributed by atoms with Crippen LogP contribution in [0.3, 0.4) is 0 Å². The highest BCUT2D eigenvalue weighted by Gasteiger charge is 2.00. The van der Waals surface area contributed by atoms with Crippen LogP contribution in [0.5, 0.6) is 5.75 Å². The molecule has 0 aliphatic rings. The van der Waals surface area contributed by atoms with Gasteiger partial charge in [-0.15, -0.1) is 0 Å². The molecule has 160 valence electrons. The Balaban J connectivity index is 1.96. The van der Waals surface area contributed by atoms with Gasteiger partial charge < -0.3 is 10.5 Å². The number of aryl methyl sites for hydroxylation is 1. The third-order valence-corrected chi connectivity index (χ3v) is 5.30. The lowest BCUT2D eigenvalue weighted by atomic mass is 10.0. The average molecular weight is 390 g/mol. The molecule has 3 heteroatoms. The molecule has 3 nitrogen and oxygen atoms in total. The minimum absolute atomic E-state index is 0.264. The van der Waals surface area contributed by atoms with Crippen molar-refractivity contribution in [2.45, 2.75) is 110 Å². The number of nitrogens with two attached hydrogens (primary N) is 1. The van der Waals surface area contributed by atoms with Gasteiger partial charge in [-0.3, -0.25) is 4.79 Å². The van der Waals surface area contributed by atoms with E-state index in [-0.39, 0.29) is 5.91 Å². The van der Waals surface area contributed by atoms with Crippen molar-refractivity contribution in [1.29, 1.82) is 0 Å². The first kappa shape index (κ1) is 24.5. The zero-order valence-electron chi connectivity index (χ0n) is 18.2. The summed E-state index contributed by atoms with van der Waals surface area (Å²) in [5.41, 5.74) is 6.48. The van der Waals surface area contributed by atoms with E-state index in [1.54, 1.807) is 0 Å². The van der Waals surface area contributed by atoms with Gasteiger partial charge in [0.15, 0.2) is 0 Å². The maximum atomic E-state index is 10.7. The first-order valence-electron chi connectivity index (χ1n) is 11.7. The topological polar surface area (TPSA) is 52.3 Å². The Kier molecular flexibility index (Phi) is 15.4. The van der Waals surface area contributed by atoms with Gasteiger partial charge in [0.2, 0.25) is 5.91 Å². The highest BCUT2D eigenvalue weighted by atomic mass is 16.5. The number of primary amides is 1. The van der Waals surface area contributed by atoms with Crippen LogP contribution in [0.4, 0.5) is 0 Å². The van der Waals surface area contributed by atoms with Crippen LogP contribution in [0.25, 0.3) is 0 Å². The molecule has 0 heterocycles. The highest BCUT2D eigenvalue weighted by molar-refractivity contribution is 5.73. The summed E-state index contributed by atoms with van der Waals surface area (Å²) < 4.78 is 5.71. The number of carbonyl (C=O) groups is 1. The minimum Gasteiger partial charge on any atom is -0.494 e. The van der Waals surface area contributed by atoms with E-state index in [1.165, 1.54) is 89.0 Å². The van der Waals surface area contributed by atoms with E-state index in [4.69, 9.17) is 10.5 Å². The summed E-state index contributed by atoms with van der Waals surface area (Å²) in [7, 11) is 0. The van der Waals surface area contributed by atoms with Crippen molar-refractivity contribution in [2.24, 2.45) is 5.73 Å². The van der Waals surface area contributed by atoms with Crippen LogP contribution in [0.1, 0.15) is 109 Å². The Bertz CT molecular complexity index is 501. The van der Waals surface area contributed by atoms with Gasteiger partial charge in [-0.25, -0.2) is 0 Å². The number of unbranched alkanes of at least 4 members (excludes halogenated alkanes) is 12. The van der Waals surface area contributed by atoms with Crippen molar-refractivity contribution in [3.63, 3.8) is 0 Å². The molecule has 0 aromatic heterocycles. The Morgan fingerprint density at radius 1 is 0.821 bits per heavy atom. The lowest BCUT2D eigenvalue weighted by Gasteiger charge is -2.08. The molecule has 1 rings (SSSR count). The minimum atomic E-state index is -0.264. The van der Waals surface area contributed by atoms with Gasteiger partial charge in [-0.2, -0.15) is 0 Å². The van der Waals surface area contributed by atoms with Crippen LogP contribution < -0.4 is 10.5 Å². The monoisotopic (exact) mass is 389 g/mol. The first-order valence-corrected chi connectivity index (χ1v) is 11.7. The van der Waals surface area contributed by atoms with E-state index in [1.807, 2.05) is 6.07 Å². The van der Waals surface area contributed by atoms with E-state index < -0.39 is 0 Å². The number of ether oxygens (including phenoxy) is 1. The van der Waals surface area contributed by atoms with Gasteiger partial charge in [0.05, 0.1) is 6.61 Å². The molecule has 2 N–H and O–H groups in total. The van der Waals surface area contributed by atoms with E-state index in [9.17, 15) is 4.79 Å². The summed E-state index contributed by atoms with van der Waals surface area (Å²) in [6.07, 6.45) is 20.3. The summed E-state index contributed by atoms with van der Waals surface area (Å²) in [5.74, 6) is 0.636. The molecule has 28 heavy (non-hydrogen) atoms. The maximum Gasteiger partial charge on any atom is 0.217 e. The molecule has 0 fully saturated rings. The fourth-order valence-electron chi connectivity index (χ4n) is 3.57. The Morgan fingerprint density at radius 3 is 1.96 bits per heavy atom. The first-order chi connectivity index (χ1) is 13.7. The zero-order valence-corrected chi connectivity index (χ0v) is 18.2. The summed E-state index contributed by atoms with van der Waals surface area (Å²) in [6.45, 7) is 2.83. The maximum absolute atomic E-state index is 10.7. The molecule has 0 bridgehead atoms. The van der Waals surface area contributed by atoms with Crippen molar-refractivity contribution >= 4 is 5.91 Å². The molecule has 1 aromatic rings. The molecule has 0 saturated heterocycles. The number of benzene rings is 1. The number of carbonyl (C=O) groups excluding carboxylic acids is 1. The predicted octanol–water partition coefficient (Wildman–Crippen LogP) is 6.96. The van der Waals surface area contributed by atoms with Gasteiger partial charge in [0.25, 0.3) is 0 Å². The van der Waals surface area contributed by atoms with E-state index in [0.717, 1.165) is 12.2 Å². The fraction of sp³-hybridized carbons (Fsp3) is 0.720. The molecule has 0 atom stereocenters. The van der Waals surface area contributed by atoms with E-state index >= 15 is 0 Å². The molecule has 1 amide bonds. The SMILES string of the molecule is CCCCCCCCCCCCCCCc1cccc(OCCCC(N)=O)c1. The summed E-state index contributed by atoms with van der Waals surface area (Å²) in [4.78, 5) is 10.7. The van der Waals surface area contributed by atoms with Crippen LogP contribution in [0.2, 0.25) is 0 Å². The summed E-state index contributed by atoms with van der Waals surface area (Å²) >= 11 is 0. The van der Waals surface area contributed by atoms with Gasteiger partial charge in [0.1, 0.15) is 5.75 Å². The van der Waals surface area contributed by atoms with Gasteiger partial charge in [-0.1, -0.05) is 96.1 Å². The molecule has 0 saturated carbocycles. The van der Waals surface area contributed by atoms with Crippen molar-refractivity contribution in [2.75, 3.05) is 6.61 Å². The van der Waals surface area contributed by atoms with Crippen LogP contribution in [0, 0.1) is 0 Å². The summed E-state index contributed by atoms with van der Waals surface area (Å²) in [5, 5.41) is 0. The van der Waals surface area contributed by atoms with Crippen LogP contribution in [-0.4, -0.2) is 12.5 Å². The van der Waals surface area contributed by atoms with Crippen LogP contribution in [0.15, 0.2) is 24.3 Å². The molecule has 0 radical (unpaired) electrons. The second kappa shape index (κ2) is 17.6. The second-order valence-corrected chi connectivity index (χ2v) is 8.06. The predicted molar refractivity (Wildman–Crippen MR) is 120 cm³/mol. The number of amides is 1. The van der Waals surface area contributed by atoms with Crippen LogP contribution >= 0.6 is 0 Å². The van der Waals surface area contributed by atoms with E-state index in [2.05, 4.69) is 25.1 Å². The lowest BCUT2D eigenvalue weighted by Crippen LogP contribution is -2.11. The molecule has 0 aliphatic carbocycles. The highest BCUT2D eigenvalue weighted by Crippen LogP contribution is 2.17. The number of rotatable bonds is 19. The second-order valence-electron chi connectivity index (χ2n) is 8.06. The van der Waals surface area contributed by atoms with Crippen molar-refractivity contribution in [3.8, 4) is 5.75 Å². The lowest BCUT2D eigenvalue weighted by molar-refractivity contribution is -0.118. The van der Waals surface area contributed by atoms with Crippen molar-refractivity contribution < 1.29 is 9.53 Å². The van der Waals surface area contributed by atoms with Crippen molar-refractivity contribution in [3.05, 3.63) is 29.8 Å². The van der Waals surface area contributed by atoms with Crippen molar-refractivity contribution in [1.82, 2.24) is 0 Å². The molecule has 1 aromatic carbocycles. The third kappa shape index (κ3) is 14.5. The zero-order chi connectivity index (χ0) is 20.3. The average Bonchev–Trinajstić information content (AvgIpc) is 2.69. The number of hydrogen-bond acceptors (Lipinski definition) is 2.